The molecule has 0 aliphatic carbocycles. The van der Waals surface area contributed by atoms with Gasteiger partial charge in [0, 0.05) is 6.42 Å². The van der Waals surface area contributed by atoms with E-state index in [1.807, 2.05) is 0 Å². The molecule has 1 atom stereocenters. The lowest BCUT2D eigenvalue weighted by atomic mass is 9.90. The summed E-state index contributed by atoms with van der Waals surface area (Å²) in [7, 11) is 0. The molecule has 1 N–H and O–H groups in total. The van der Waals surface area contributed by atoms with E-state index in [9.17, 15) is 14.4 Å². The van der Waals surface area contributed by atoms with Gasteiger partial charge in [-0.2, -0.15) is 0 Å². The van der Waals surface area contributed by atoms with Gasteiger partial charge in [0.25, 0.3) is 5.91 Å². The van der Waals surface area contributed by atoms with Crippen LogP contribution in [0.25, 0.3) is 32.3 Å². The number of benzene rings is 4. The lowest BCUT2D eigenvalue weighted by Crippen LogP contribution is -2.28. The van der Waals surface area contributed by atoms with Crippen LogP contribution in [-0.4, -0.2) is 23.9 Å². The Kier molecular flexibility index (Phi) is 4.16. The van der Waals surface area contributed by atoms with Crippen LogP contribution in [-0.2, 0) is 25.5 Å². The van der Waals surface area contributed by atoms with Crippen molar-refractivity contribution in [2.45, 2.75) is 31.8 Å². The molecule has 1 fully saturated rings. The average molecular weight is 385 g/mol. The first-order valence-corrected chi connectivity index (χ1v) is 9.79. The fourth-order valence-corrected chi connectivity index (χ4v) is 4.28. The Hall–Kier alpha value is -3.47. The van der Waals surface area contributed by atoms with Crippen LogP contribution in [0, 0.1) is 0 Å². The quantitative estimate of drug-likeness (QED) is 0.322. The Balaban J connectivity index is 1.35. The highest BCUT2D eigenvalue weighted by Crippen LogP contribution is 2.36. The summed E-state index contributed by atoms with van der Waals surface area (Å²) in [5.74, 6) is -1.38. The van der Waals surface area contributed by atoms with Gasteiger partial charge < -0.3 is 4.74 Å². The molecule has 0 bridgehead atoms. The van der Waals surface area contributed by atoms with E-state index in [2.05, 4.69) is 59.9 Å². The van der Waals surface area contributed by atoms with Crippen molar-refractivity contribution < 1.29 is 19.1 Å². The molecule has 1 aliphatic rings. The maximum Gasteiger partial charge on any atom is 0.306 e. The third-order valence-electron chi connectivity index (χ3n) is 5.65. The van der Waals surface area contributed by atoms with Crippen molar-refractivity contribution in [1.82, 2.24) is 5.32 Å². The first-order valence-electron chi connectivity index (χ1n) is 9.79. The number of carbonyl (C=O) groups excluding carboxylic acids is 3. The molecule has 0 aromatic heterocycles. The maximum atomic E-state index is 12.1. The molecular formula is C24H19NO4. The molecule has 0 saturated carbocycles. The summed E-state index contributed by atoms with van der Waals surface area (Å²) in [4.78, 5) is 34.8. The highest BCUT2D eigenvalue weighted by molar-refractivity contribution is 6.23. The van der Waals surface area contributed by atoms with E-state index in [4.69, 9.17) is 4.74 Å². The van der Waals surface area contributed by atoms with Gasteiger partial charge in [0.2, 0.25) is 5.91 Å². The van der Waals surface area contributed by atoms with Gasteiger partial charge in [-0.1, -0.05) is 54.6 Å². The van der Waals surface area contributed by atoms with Crippen LogP contribution in [0.1, 0.15) is 24.8 Å². The molecule has 1 aliphatic heterocycles. The molecular weight excluding hydrogens is 366 g/mol. The van der Waals surface area contributed by atoms with Crippen LogP contribution in [0.15, 0.2) is 54.6 Å². The SMILES string of the molecule is O=C1CC(OC(=O)CCCc2ccc3ccc4cccc5ccc2c3c45)C(=O)N1. The normalized spacial score (nSPS) is 16.8. The number of carbonyl (C=O) groups is 3. The summed E-state index contributed by atoms with van der Waals surface area (Å²) >= 11 is 0. The molecule has 4 aromatic carbocycles. The second-order valence-electron chi connectivity index (χ2n) is 7.53. The number of nitrogens with one attached hydrogen (secondary N) is 1. The van der Waals surface area contributed by atoms with Crippen LogP contribution < -0.4 is 5.32 Å². The predicted octanol–water partition coefficient (Wildman–Crippen LogP) is 3.87. The molecule has 1 saturated heterocycles. The van der Waals surface area contributed by atoms with Crippen molar-refractivity contribution in [2.24, 2.45) is 0 Å². The number of esters is 1. The second-order valence-corrected chi connectivity index (χ2v) is 7.53. The lowest BCUT2D eigenvalue weighted by molar-refractivity contribution is -0.154. The molecule has 2 amide bonds. The highest BCUT2D eigenvalue weighted by Gasteiger charge is 2.33. The summed E-state index contributed by atoms with van der Waals surface area (Å²) < 4.78 is 5.14. The Labute approximate surface area is 167 Å². The molecule has 1 unspecified atom stereocenters. The molecule has 5 nitrogen and oxygen atoms in total. The van der Waals surface area contributed by atoms with Gasteiger partial charge in [-0.05, 0) is 50.7 Å². The number of amides is 2. The Bertz CT molecular complexity index is 1260. The smallest absolute Gasteiger partial charge is 0.306 e. The zero-order valence-electron chi connectivity index (χ0n) is 15.7. The summed E-state index contributed by atoms with van der Waals surface area (Å²) in [5, 5.41) is 9.56. The Morgan fingerprint density at radius 3 is 2.34 bits per heavy atom. The van der Waals surface area contributed by atoms with Gasteiger partial charge in [0.15, 0.2) is 6.10 Å². The first-order chi connectivity index (χ1) is 14.1. The summed E-state index contributed by atoms with van der Waals surface area (Å²) in [6, 6.07) is 19.2. The van der Waals surface area contributed by atoms with E-state index in [1.54, 1.807) is 0 Å². The fraction of sp³-hybridized carbons (Fsp3) is 0.208. The van der Waals surface area contributed by atoms with Crippen LogP contribution >= 0.6 is 0 Å². The van der Waals surface area contributed by atoms with Gasteiger partial charge in [-0.15, -0.1) is 0 Å². The van der Waals surface area contributed by atoms with E-state index in [0.717, 1.165) is 6.42 Å². The number of aryl methyl sites for hydroxylation is 1. The number of imide groups is 1. The average Bonchev–Trinajstić information content (AvgIpc) is 3.03. The Morgan fingerprint density at radius 2 is 1.62 bits per heavy atom. The fourth-order valence-electron chi connectivity index (χ4n) is 4.28. The molecule has 0 spiro atoms. The van der Waals surface area contributed by atoms with Crippen molar-refractivity contribution >= 4 is 50.1 Å². The molecule has 144 valence electrons. The minimum atomic E-state index is -0.982. The van der Waals surface area contributed by atoms with Crippen molar-refractivity contribution in [3.63, 3.8) is 0 Å². The lowest BCUT2D eigenvalue weighted by Gasteiger charge is -2.14. The van der Waals surface area contributed by atoms with Crippen molar-refractivity contribution in [2.75, 3.05) is 0 Å². The minimum Gasteiger partial charge on any atom is -0.452 e. The van der Waals surface area contributed by atoms with E-state index in [0.29, 0.717) is 6.42 Å². The van der Waals surface area contributed by atoms with Crippen LogP contribution in [0.3, 0.4) is 0 Å². The van der Waals surface area contributed by atoms with E-state index < -0.39 is 23.9 Å². The highest BCUT2D eigenvalue weighted by atomic mass is 16.5. The van der Waals surface area contributed by atoms with E-state index >= 15 is 0 Å². The molecule has 5 rings (SSSR count). The van der Waals surface area contributed by atoms with Crippen molar-refractivity contribution in [3.8, 4) is 0 Å². The third-order valence-corrected chi connectivity index (χ3v) is 5.65. The Morgan fingerprint density at radius 1 is 0.931 bits per heavy atom. The summed E-state index contributed by atoms with van der Waals surface area (Å²) in [6.07, 6.45) is 0.494. The van der Waals surface area contributed by atoms with Crippen LogP contribution in [0.4, 0.5) is 0 Å². The summed E-state index contributed by atoms with van der Waals surface area (Å²) in [5.41, 5.74) is 1.19. The van der Waals surface area contributed by atoms with E-state index in [1.165, 1.54) is 37.9 Å². The standard InChI is InChI=1S/C24H19NO4/c26-20-13-19(24(28)25-20)29-21(27)6-2-3-14-7-8-17-10-9-15-4-1-5-16-11-12-18(14)23(17)22(15)16/h1,4-5,7-12,19H,2-3,6,13H2,(H,25,26,28). The number of hydrogen-bond acceptors (Lipinski definition) is 4. The van der Waals surface area contributed by atoms with Gasteiger partial charge in [-0.25, -0.2) is 0 Å². The van der Waals surface area contributed by atoms with Crippen LogP contribution in [0.5, 0.6) is 0 Å². The van der Waals surface area contributed by atoms with Crippen molar-refractivity contribution in [1.29, 1.82) is 0 Å². The first kappa shape index (κ1) is 17.6. The molecule has 29 heavy (non-hydrogen) atoms. The monoisotopic (exact) mass is 385 g/mol. The minimum absolute atomic E-state index is 0.0837. The largest absolute Gasteiger partial charge is 0.452 e. The van der Waals surface area contributed by atoms with E-state index in [-0.39, 0.29) is 12.8 Å². The predicted molar refractivity (Wildman–Crippen MR) is 111 cm³/mol. The molecule has 1 heterocycles. The number of ether oxygens (including phenoxy) is 1. The molecule has 4 aromatic rings. The molecule has 0 radical (unpaired) electrons. The van der Waals surface area contributed by atoms with Gasteiger partial charge in [0.1, 0.15) is 0 Å². The van der Waals surface area contributed by atoms with Crippen LogP contribution in [0.2, 0.25) is 0 Å². The van der Waals surface area contributed by atoms with Gasteiger partial charge >= 0.3 is 5.97 Å². The maximum absolute atomic E-state index is 12.1. The third kappa shape index (κ3) is 3.09. The zero-order valence-corrected chi connectivity index (χ0v) is 15.7. The second kappa shape index (κ2) is 6.85. The number of hydrogen-bond donors (Lipinski definition) is 1. The summed E-state index contributed by atoms with van der Waals surface area (Å²) in [6.45, 7) is 0. The van der Waals surface area contributed by atoms with Crippen molar-refractivity contribution in [3.05, 3.63) is 60.2 Å². The zero-order chi connectivity index (χ0) is 20.0. The number of rotatable bonds is 5. The van der Waals surface area contributed by atoms with Gasteiger partial charge in [0.05, 0.1) is 6.42 Å². The topological polar surface area (TPSA) is 72.5 Å². The van der Waals surface area contributed by atoms with Gasteiger partial charge in [-0.3, -0.25) is 19.7 Å². The molecule has 5 heteroatoms.